The number of hydrogen-bond acceptors (Lipinski definition) is 3. The van der Waals surface area contributed by atoms with Crippen LogP contribution >= 0.6 is 0 Å². The molecule has 1 aromatic carbocycles. The van der Waals surface area contributed by atoms with Crippen LogP contribution in [0.15, 0.2) is 48.8 Å². The van der Waals surface area contributed by atoms with Crippen molar-refractivity contribution in [1.82, 2.24) is 15.2 Å². The van der Waals surface area contributed by atoms with Gasteiger partial charge in [-0.05, 0) is 61.2 Å². The van der Waals surface area contributed by atoms with E-state index in [1.54, 1.807) is 0 Å². The van der Waals surface area contributed by atoms with Gasteiger partial charge in [0.1, 0.15) is 5.82 Å². The fourth-order valence-corrected chi connectivity index (χ4v) is 3.77. The van der Waals surface area contributed by atoms with Gasteiger partial charge >= 0.3 is 0 Å². The van der Waals surface area contributed by atoms with Crippen LogP contribution in [-0.4, -0.2) is 22.1 Å². The van der Waals surface area contributed by atoms with Gasteiger partial charge < -0.3 is 10.2 Å². The van der Waals surface area contributed by atoms with Gasteiger partial charge in [-0.25, -0.2) is 4.39 Å². The molecule has 0 spiro atoms. The lowest BCUT2D eigenvalue weighted by molar-refractivity contribution is 0.292. The molecule has 1 saturated heterocycles. The minimum absolute atomic E-state index is 0.204. The van der Waals surface area contributed by atoms with E-state index in [1.807, 2.05) is 50.5 Å². The van der Waals surface area contributed by atoms with Crippen LogP contribution in [-0.2, 0) is 0 Å². The second-order valence-electron chi connectivity index (χ2n) is 6.17. The quantitative estimate of drug-likeness (QED) is 0.864. The van der Waals surface area contributed by atoms with E-state index in [2.05, 4.69) is 22.1 Å². The highest BCUT2D eigenvalue weighted by Crippen LogP contribution is 2.42. The summed E-state index contributed by atoms with van der Waals surface area (Å²) in [5.41, 5.74) is 4.50. The molecular formula is C21H26FN3. The number of nitrogens with one attached hydrogen (secondary N) is 1. The van der Waals surface area contributed by atoms with Crippen LogP contribution in [0, 0.1) is 5.82 Å². The monoisotopic (exact) mass is 339 g/mol. The summed E-state index contributed by atoms with van der Waals surface area (Å²) in [5.74, 6) is -0.204. The number of halogens is 1. The van der Waals surface area contributed by atoms with Gasteiger partial charge in [0.2, 0.25) is 0 Å². The van der Waals surface area contributed by atoms with Crippen LogP contribution in [0.3, 0.4) is 0 Å². The third-order valence-electron chi connectivity index (χ3n) is 4.87. The fraction of sp³-hybridized carbons (Fsp3) is 0.381. The number of benzene rings is 1. The molecule has 1 N–H and O–H groups in total. The van der Waals surface area contributed by atoms with E-state index >= 15 is 0 Å². The van der Waals surface area contributed by atoms with Gasteiger partial charge in [0.15, 0.2) is 0 Å². The van der Waals surface area contributed by atoms with Crippen LogP contribution < -0.4 is 5.32 Å². The number of rotatable bonds is 3. The summed E-state index contributed by atoms with van der Waals surface area (Å²) in [6.45, 7) is 6.24. The van der Waals surface area contributed by atoms with Crippen LogP contribution in [0.2, 0.25) is 0 Å². The molecule has 0 aliphatic carbocycles. The second kappa shape index (κ2) is 7.68. The highest BCUT2D eigenvalue weighted by atomic mass is 19.1. The predicted molar refractivity (Wildman–Crippen MR) is 101 cm³/mol. The maximum absolute atomic E-state index is 13.3. The molecule has 3 nitrogen and oxygen atoms in total. The largest absolute Gasteiger partial charge is 0.363 e. The zero-order valence-electron chi connectivity index (χ0n) is 15.2. The summed E-state index contributed by atoms with van der Waals surface area (Å²) >= 11 is 0. The fourth-order valence-electron chi connectivity index (χ4n) is 3.77. The minimum atomic E-state index is -0.204. The zero-order valence-corrected chi connectivity index (χ0v) is 15.2. The molecule has 2 aliphatic heterocycles. The van der Waals surface area contributed by atoms with E-state index in [-0.39, 0.29) is 5.82 Å². The Balaban J connectivity index is 0.000000880. The van der Waals surface area contributed by atoms with E-state index in [9.17, 15) is 4.39 Å². The summed E-state index contributed by atoms with van der Waals surface area (Å²) < 4.78 is 13.3. The first-order valence-corrected chi connectivity index (χ1v) is 9.23. The van der Waals surface area contributed by atoms with Crippen LogP contribution in [0.5, 0.6) is 0 Å². The molecule has 2 atom stereocenters. The minimum Gasteiger partial charge on any atom is -0.363 e. The number of hydrogen-bond donors (Lipinski definition) is 1. The number of fused-ring (bicyclic) bond motifs is 1. The van der Waals surface area contributed by atoms with Gasteiger partial charge in [-0.15, -0.1) is 0 Å². The van der Waals surface area contributed by atoms with Crippen molar-refractivity contribution in [3.8, 4) is 0 Å². The SMILES string of the molecule is CC.CC[C@@H]1CCC2NC(c3ccc(F)cc3)=C(c3ccncc3)N21. The Morgan fingerprint density at radius 3 is 2.36 bits per heavy atom. The van der Waals surface area contributed by atoms with Gasteiger partial charge in [0.25, 0.3) is 0 Å². The maximum Gasteiger partial charge on any atom is 0.123 e. The highest BCUT2D eigenvalue weighted by Gasteiger charge is 2.40. The van der Waals surface area contributed by atoms with Crippen LogP contribution in [0.4, 0.5) is 4.39 Å². The third kappa shape index (κ3) is 3.26. The molecule has 132 valence electrons. The topological polar surface area (TPSA) is 28.2 Å². The summed E-state index contributed by atoms with van der Waals surface area (Å²) in [7, 11) is 0. The molecule has 1 aromatic heterocycles. The Bertz CT molecular complexity index is 725. The number of nitrogens with zero attached hydrogens (tertiary/aromatic N) is 2. The first-order valence-electron chi connectivity index (χ1n) is 9.23. The molecular weight excluding hydrogens is 313 g/mol. The average molecular weight is 339 g/mol. The lowest BCUT2D eigenvalue weighted by Gasteiger charge is -2.28. The van der Waals surface area contributed by atoms with E-state index in [0.29, 0.717) is 12.2 Å². The van der Waals surface area contributed by atoms with Crippen molar-refractivity contribution in [2.24, 2.45) is 0 Å². The molecule has 25 heavy (non-hydrogen) atoms. The molecule has 0 bridgehead atoms. The third-order valence-corrected chi connectivity index (χ3v) is 4.87. The molecule has 1 unspecified atom stereocenters. The molecule has 1 fully saturated rings. The highest BCUT2D eigenvalue weighted by molar-refractivity contribution is 5.91. The number of pyridine rings is 1. The Morgan fingerprint density at radius 2 is 1.72 bits per heavy atom. The predicted octanol–water partition coefficient (Wildman–Crippen LogP) is 4.88. The second-order valence-corrected chi connectivity index (χ2v) is 6.17. The van der Waals surface area contributed by atoms with E-state index < -0.39 is 0 Å². The Hall–Kier alpha value is -2.36. The van der Waals surface area contributed by atoms with Crippen molar-refractivity contribution in [2.75, 3.05) is 0 Å². The summed E-state index contributed by atoms with van der Waals surface area (Å²) in [6.07, 6.45) is 7.47. The molecule has 2 aromatic rings. The van der Waals surface area contributed by atoms with Crippen molar-refractivity contribution in [3.63, 3.8) is 0 Å². The molecule has 0 amide bonds. The van der Waals surface area contributed by atoms with Crippen molar-refractivity contribution < 1.29 is 4.39 Å². The van der Waals surface area contributed by atoms with Crippen molar-refractivity contribution in [2.45, 2.75) is 52.2 Å². The number of aromatic nitrogens is 1. The van der Waals surface area contributed by atoms with Gasteiger partial charge in [-0.2, -0.15) is 0 Å². The van der Waals surface area contributed by atoms with Crippen molar-refractivity contribution in [3.05, 3.63) is 65.7 Å². The summed E-state index contributed by atoms with van der Waals surface area (Å²) in [6, 6.07) is 11.4. The van der Waals surface area contributed by atoms with Crippen molar-refractivity contribution >= 4 is 11.4 Å². The lowest BCUT2D eigenvalue weighted by atomic mass is 10.0. The van der Waals surface area contributed by atoms with Gasteiger partial charge in [-0.1, -0.05) is 20.8 Å². The molecule has 2 aliphatic rings. The Labute approximate surface area is 149 Å². The van der Waals surface area contributed by atoms with Gasteiger partial charge in [0, 0.05) is 24.0 Å². The molecule has 0 saturated carbocycles. The van der Waals surface area contributed by atoms with Gasteiger partial charge in [-0.3, -0.25) is 4.98 Å². The lowest BCUT2D eigenvalue weighted by Crippen LogP contribution is -2.35. The van der Waals surface area contributed by atoms with E-state index in [1.165, 1.54) is 24.3 Å². The van der Waals surface area contributed by atoms with Crippen molar-refractivity contribution in [1.29, 1.82) is 0 Å². The zero-order chi connectivity index (χ0) is 17.8. The first-order chi connectivity index (χ1) is 12.3. The Morgan fingerprint density at radius 1 is 1.04 bits per heavy atom. The smallest absolute Gasteiger partial charge is 0.123 e. The maximum atomic E-state index is 13.3. The summed E-state index contributed by atoms with van der Waals surface area (Å²) in [4.78, 5) is 6.65. The molecule has 3 heterocycles. The van der Waals surface area contributed by atoms with E-state index in [0.717, 1.165) is 29.7 Å². The first kappa shape index (κ1) is 17.5. The molecule has 4 rings (SSSR count). The van der Waals surface area contributed by atoms with Crippen LogP contribution in [0.25, 0.3) is 11.4 Å². The molecule has 4 heteroatoms. The Kier molecular flexibility index (Phi) is 5.37. The summed E-state index contributed by atoms with van der Waals surface area (Å²) in [5, 5.41) is 3.66. The normalized spacial score (nSPS) is 21.5. The van der Waals surface area contributed by atoms with Crippen LogP contribution in [0.1, 0.15) is 51.2 Å². The standard InChI is InChI=1S/C19H20FN3.C2H6/c1-2-16-7-8-17-22-18(13-3-5-15(20)6-4-13)19(23(16)17)14-9-11-21-12-10-14;1-2/h3-6,9-12,16-17,22H,2,7-8H2,1H3;1-2H3/t16-,17?;/m1./s1. The molecule has 0 radical (unpaired) electrons. The average Bonchev–Trinajstić information content (AvgIpc) is 3.23. The van der Waals surface area contributed by atoms with Gasteiger partial charge in [0.05, 0.1) is 17.6 Å². The van der Waals surface area contributed by atoms with E-state index in [4.69, 9.17) is 0 Å².